The molecule has 0 spiro atoms. The first-order chi connectivity index (χ1) is 12.2. The predicted molar refractivity (Wildman–Crippen MR) is 102 cm³/mol. The second kappa shape index (κ2) is 6.68. The standard InChI is InChI=1S/C21H27N3O/c1-3-8-22-21(25)15-10-17-16-6-5-7-18-20(16)14(12-23-18)11-19(17)24(13-15)9-4-2/h4-7,12,15,17,19,23H,2-3,8-11,13H2,1H3,(H,22,25)/t15?,17?,19-/m1/s1. The molecule has 2 heterocycles. The molecule has 4 rings (SSSR count). The second-order valence-electron chi connectivity index (χ2n) is 7.43. The minimum Gasteiger partial charge on any atom is -0.361 e. The zero-order valence-electron chi connectivity index (χ0n) is 14.9. The van der Waals surface area contributed by atoms with Crippen molar-refractivity contribution in [3.63, 3.8) is 0 Å². The Labute approximate surface area is 149 Å². The third kappa shape index (κ3) is 2.78. The number of amides is 1. The number of aromatic amines is 1. The predicted octanol–water partition coefficient (Wildman–Crippen LogP) is 3.21. The molecule has 3 atom stereocenters. The summed E-state index contributed by atoms with van der Waals surface area (Å²) in [4.78, 5) is 18.5. The lowest BCUT2D eigenvalue weighted by molar-refractivity contribution is -0.127. The summed E-state index contributed by atoms with van der Waals surface area (Å²) in [5.41, 5.74) is 4.04. The summed E-state index contributed by atoms with van der Waals surface area (Å²) in [5.74, 6) is 0.683. The van der Waals surface area contributed by atoms with Crippen LogP contribution in [-0.2, 0) is 11.2 Å². The summed E-state index contributed by atoms with van der Waals surface area (Å²) >= 11 is 0. The normalized spacial score (nSPS) is 25.6. The lowest BCUT2D eigenvalue weighted by Crippen LogP contribution is -2.53. The molecular formula is C21H27N3O. The van der Waals surface area contributed by atoms with Crippen LogP contribution in [0.4, 0.5) is 0 Å². The SMILES string of the molecule is C=CCN1CC(C(=O)NCCC)CC2c3cccc4[nH]cc(c34)C[C@H]21. The van der Waals surface area contributed by atoms with Crippen molar-refractivity contribution in [2.24, 2.45) is 5.92 Å². The van der Waals surface area contributed by atoms with Gasteiger partial charge in [-0.3, -0.25) is 9.69 Å². The molecule has 2 N–H and O–H groups in total. The van der Waals surface area contributed by atoms with Gasteiger partial charge in [0.05, 0.1) is 5.92 Å². The fourth-order valence-electron chi connectivity index (χ4n) is 4.76. The summed E-state index contributed by atoms with van der Waals surface area (Å²) in [6, 6.07) is 7.01. The second-order valence-corrected chi connectivity index (χ2v) is 7.43. The van der Waals surface area contributed by atoms with Crippen molar-refractivity contribution in [1.29, 1.82) is 0 Å². The van der Waals surface area contributed by atoms with Gasteiger partial charge in [-0.25, -0.2) is 0 Å². The summed E-state index contributed by atoms with van der Waals surface area (Å²) in [6.45, 7) is 8.47. The molecule has 1 aliphatic heterocycles. The molecule has 1 aliphatic carbocycles. The molecule has 0 saturated carbocycles. The molecule has 0 bridgehead atoms. The molecule has 132 valence electrons. The molecule has 1 saturated heterocycles. The average molecular weight is 337 g/mol. The van der Waals surface area contributed by atoms with Gasteiger partial charge < -0.3 is 10.3 Å². The van der Waals surface area contributed by atoms with Crippen LogP contribution in [0.25, 0.3) is 10.9 Å². The minimum atomic E-state index is 0.0588. The Hall–Kier alpha value is -2.07. The third-order valence-electron chi connectivity index (χ3n) is 5.86. The van der Waals surface area contributed by atoms with E-state index in [0.29, 0.717) is 12.0 Å². The topological polar surface area (TPSA) is 48.1 Å². The Kier molecular flexibility index (Phi) is 4.38. The maximum absolute atomic E-state index is 12.6. The number of carbonyl (C=O) groups is 1. The highest BCUT2D eigenvalue weighted by molar-refractivity contribution is 5.88. The van der Waals surface area contributed by atoms with Gasteiger partial charge in [-0.1, -0.05) is 25.1 Å². The Bertz CT molecular complexity index is 794. The molecule has 4 heteroatoms. The Morgan fingerprint density at radius 1 is 1.48 bits per heavy atom. The average Bonchev–Trinajstić information content (AvgIpc) is 3.05. The van der Waals surface area contributed by atoms with E-state index in [-0.39, 0.29) is 11.8 Å². The Morgan fingerprint density at radius 2 is 2.36 bits per heavy atom. The number of H-pyrrole nitrogens is 1. The maximum Gasteiger partial charge on any atom is 0.224 e. The summed E-state index contributed by atoms with van der Waals surface area (Å²) < 4.78 is 0. The summed E-state index contributed by atoms with van der Waals surface area (Å²) in [7, 11) is 0. The lowest BCUT2D eigenvalue weighted by Gasteiger charge is -2.46. The summed E-state index contributed by atoms with van der Waals surface area (Å²) in [6.07, 6.45) is 7.11. The van der Waals surface area contributed by atoms with Crippen LogP contribution in [0.2, 0.25) is 0 Å². The first kappa shape index (κ1) is 16.4. The van der Waals surface area contributed by atoms with Crippen molar-refractivity contribution in [2.75, 3.05) is 19.6 Å². The van der Waals surface area contributed by atoms with Crippen molar-refractivity contribution in [3.05, 3.63) is 48.2 Å². The molecule has 25 heavy (non-hydrogen) atoms. The quantitative estimate of drug-likeness (QED) is 0.823. The molecule has 1 fully saturated rings. The first-order valence-corrected chi connectivity index (χ1v) is 9.44. The van der Waals surface area contributed by atoms with Crippen LogP contribution >= 0.6 is 0 Å². The fourth-order valence-corrected chi connectivity index (χ4v) is 4.76. The van der Waals surface area contributed by atoms with Crippen LogP contribution in [0.3, 0.4) is 0 Å². The highest BCUT2D eigenvalue weighted by Crippen LogP contribution is 2.44. The van der Waals surface area contributed by atoms with E-state index >= 15 is 0 Å². The van der Waals surface area contributed by atoms with E-state index in [1.54, 1.807) is 0 Å². The maximum atomic E-state index is 12.6. The fraction of sp³-hybridized carbons (Fsp3) is 0.476. The number of piperidine rings is 1. The van der Waals surface area contributed by atoms with Gasteiger partial charge in [-0.2, -0.15) is 0 Å². The lowest BCUT2D eigenvalue weighted by atomic mass is 9.72. The third-order valence-corrected chi connectivity index (χ3v) is 5.86. The van der Waals surface area contributed by atoms with E-state index in [0.717, 1.165) is 38.9 Å². The van der Waals surface area contributed by atoms with E-state index < -0.39 is 0 Å². The van der Waals surface area contributed by atoms with E-state index in [2.05, 4.69) is 53.1 Å². The van der Waals surface area contributed by atoms with Gasteiger partial charge in [-0.05, 0) is 36.5 Å². The highest BCUT2D eigenvalue weighted by Gasteiger charge is 2.42. The number of aromatic nitrogens is 1. The number of fused-ring (bicyclic) bond motifs is 2. The summed E-state index contributed by atoms with van der Waals surface area (Å²) in [5, 5.41) is 4.49. The van der Waals surface area contributed by atoms with E-state index in [4.69, 9.17) is 0 Å². The number of nitrogens with one attached hydrogen (secondary N) is 2. The van der Waals surface area contributed by atoms with Gasteiger partial charge in [0.15, 0.2) is 0 Å². The molecule has 4 nitrogen and oxygen atoms in total. The van der Waals surface area contributed by atoms with Crippen molar-refractivity contribution in [3.8, 4) is 0 Å². The van der Waals surface area contributed by atoms with Gasteiger partial charge >= 0.3 is 0 Å². The van der Waals surface area contributed by atoms with Gasteiger partial charge in [0.1, 0.15) is 0 Å². The first-order valence-electron chi connectivity index (χ1n) is 9.44. The van der Waals surface area contributed by atoms with Crippen LogP contribution < -0.4 is 5.32 Å². The zero-order valence-corrected chi connectivity index (χ0v) is 14.9. The molecule has 2 unspecified atom stereocenters. The van der Waals surface area contributed by atoms with Crippen molar-refractivity contribution >= 4 is 16.8 Å². The van der Waals surface area contributed by atoms with Gasteiger partial charge in [0.2, 0.25) is 5.91 Å². The van der Waals surface area contributed by atoms with Crippen LogP contribution in [-0.4, -0.2) is 41.5 Å². The number of rotatable bonds is 5. The van der Waals surface area contributed by atoms with E-state index in [1.165, 1.54) is 22.0 Å². The monoisotopic (exact) mass is 337 g/mol. The van der Waals surface area contributed by atoms with Gasteiger partial charge in [0.25, 0.3) is 0 Å². The number of carbonyl (C=O) groups excluding carboxylic acids is 1. The Morgan fingerprint density at radius 3 is 3.16 bits per heavy atom. The highest BCUT2D eigenvalue weighted by atomic mass is 16.1. The molecule has 1 aromatic carbocycles. The number of nitrogens with zero attached hydrogens (tertiary/aromatic N) is 1. The molecule has 2 aromatic rings. The van der Waals surface area contributed by atoms with Crippen LogP contribution in [0.5, 0.6) is 0 Å². The zero-order chi connectivity index (χ0) is 17.4. The number of hydrogen-bond donors (Lipinski definition) is 2. The van der Waals surface area contributed by atoms with Crippen LogP contribution in [0.15, 0.2) is 37.1 Å². The molecule has 1 amide bonds. The molecular weight excluding hydrogens is 310 g/mol. The van der Waals surface area contributed by atoms with Crippen molar-refractivity contribution in [2.45, 2.75) is 38.1 Å². The van der Waals surface area contributed by atoms with Crippen LogP contribution in [0, 0.1) is 5.92 Å². The number of hydrogen-bond acceptors (Lipinski definition) is 2. The largest absolute Gasteiger partial charge is 0.361 e. The van der Waals surface area contributed by atoms with E-state index in [1.807, 2.05) is 6.08 Å². The number of likely N-dealkylation sites (tertiary alicyclic amines) is 1. The van der Waals surface area contributed by atoms with E-state index in [9.17, 15) is 4.79 Å². The van der Waals surface area contributed by atoms with Crippen LogP contribution in [0.1, 0.15) is 36.8 Å². The smallest absolute Gasteiger partial charge is 0.224 e. The number of benzene rings is 1. The minimum absolute atomic E-state index is 0.0588. The van der Waals surface area contributed by atoms with Crippen molar-refractivity contribution < 1.29 is 4.79 Å². The van der Waals surface area contributed by atoms with Gasteiger partial charge in [0, 0.05) is 48.7 Å². The molecule has 0 radical (unpaired) electrons. The van der Waals surface area contributed by atoms with Crippen molar-refractivity contribution in [1.82, 2.24) is 15.2 Å². The molecule has 1 aromatic heterocycles. The Balaban J connectivity index is 1.69. The molecule has 2 aliphatic rings. The van der Waals surface area contributed by atoms with Gasteiger partial charge in [-0.15, -0.1) is 6.58 Å².